The predicted octanol–water partition coefficient (Wildman–Crippen LogP) is 3.17. The topological polar surface area (TPSA) is 93.9 Å². The molecule has 0 unspecified atom stereocenters. The molecule has 2 rings (SSSR count). The largest absolute Gasteiger partial charge is 0.399 e. The van der Waals surface area contributed by atoms with Crippen LogP contribution in [0.4, 0.5) is 4.39 Å². The number of rotatable bonds is 9. The number of halogens is 1. The molecule has 0 atom stereocenters. The second-order valence-electron chi connectivity index (χ2n) is 6.41. The van der Waals surface area contributed by atoms with Crippen molar-refractivity contribution in [2.45, 2.75) is 20.5 Å². The summed E-state index contributed by atoms with van der Waals surface area (Å²) in [5.41, 5.74) is 3.00. The molecule has 2 aromatic rings. The molecule has 31 heavy (non-hydrogen) atoms. The van der Waals surface area contributed by atoms with Crippen molar-refractivity contribution in [2.24, 2.45) is 15.5 Å². The van der Waals surface area contributed by atoms with Crippen LogP contribution in [0.15, 0.2) is 57.9 Å². The van der Waals surface area contributed by atoms with E-state index in [2.05, 4.69) is 20.8 Å². The fourth-order valence-electron chi connectivity index (χ4n) is 2.74. The molecule has 0 aliphatic carbocycles. The number of nitrogens with one attached hydrogen (secondary N) is 1. The first kappa shape index (κ1) is 23.5. The zero-order chi connectivity index (χ0) is 22.8. The lowest BCUT2D eigenvalue weighted by Crippen LogP contribution is -2.30. The van der Waals surface area contributed by atoms with E-state index in [1.165, 1.54) is 33.4 Å². The highest BCUT2D eigenvalue weighted by Gasteiger charge is 2.22. The predicted molar refractivity (Wildman–Crippen MR) is 117 cm³/mol. The zero-order valence-electron chi connectivity index (χ0n) is 18.1. The van der Waals surface area contributed by atoms with Gasteiger partial charge in [-0.25, -0.2) is 4.39 Å². The van der Waals surface area contributed by atoms with Crippen LogP contribution in [0.2, 0.25) is 0 Å². The lowest BCUT2D eigenvalue weighted by molar-refractivity contribution is -0.114. The Morgan fingerprint density at radius 3 is 2.26 bits per heavy atom. The number of likely N-dealkylation sites (N-methyl/N-ethyl adjacent to an activating group) is 1. The smallest absolute Gasteiger partial charge is 0.273 e. The van der Waals surface area contributed by atoms with Crippen LogP contribution in [-0.4, -0.2) is 44.3 Å². The van der Waals surface area contributed by atoms with E-state index in [0.29, 0.717) is 17.0 Å². The van der Waals surface area contributed by atoms with Gasteiger partial charge in [0.25, 0.3) is 5.91 Å². The highest BCUT2D eigenvalue weighted by Crippen LogP contribution is 2.17. The van der Waals surface area contributed by atoms with Crippen LogP contribution in [0.25, 0.3) is 0 Å². The number of aryl methyl sites for hydroxylation is 1. The van der Waals surface area contributed by atoms with Crippen molar-refractivity contribution in [2.75, 3.05) is 21.3 Å². The second-order valence-corrected chi connectivity index (χ2v) is 6.41. The normalized spacial score (nSPS) is 12.4. The van der Waals surface area contributed by atoms with Gasteiger partial charge in [0.2, 0.25) is 0 Å². The first-order valence-electron chi connectivity index (χ1n) is 9.39. The van der Waals surface area contributed by atoms with Crippen LogP contribution in [0.5, 0.6) is 0 Å². The minimum absolute atomic E-state index is 0.0270. The van der Waals surface area contributed by atoms with Crippen LogP contribution >= 0.6 is 0 Å². The molecule has 164 valence electrons. The number of hydrogen-bond acceptors (Lipinski definition) is 7. The fourth-order valence-corrected chi connectivity index (χ4v) is 2.74. The number of hydrogen-bond donors (Lipinski definition) is 1. The van der Waals surface area contributed by atoms with Crippen LogP contribution in [0.1, 0.15) is 29.2 Å². The Bertz CT molecular complexity index is 1000. The Balaban J connectivity index is 2.30. The van der Waals surface area contributed by atoms with E-state index in [0.717, 1.165) is 11.1 Å². The fraction of sp³-hybridized carbons (Fsp3) is 0.273. The summed E-state index contributed by atoms with van der Waals surface area (Å²) in [5, 5.41) is 14.2. The van der Waals surface area contributed by atoms with E-state index in [1.54, 1.807) is 13.0 Å². The molecule has 1 amide bonds. The van der Waals surface area contributed by atoms with E-state index < -0.39 is 11.7 Å². The first-order chi connectivity index (χ1) is 14.9. The molecule has 0 aliphatic rings. The van der Waals surface area contributed by atoms with Crippen LogP contribution in [-0.2, 0) is 25.9 Å². The van der Waals surface area contributed by atoms with Gasteiger partial charge in [0.1, 0.15) is 38.1 Å². The van der Waals surface area contributed by atoms with E-state index in [1.807, 2.05) is 31.2 Å². The molecule has 0 aliphatic heterocycles. The van der Waals surface area contributed by atoms with Gasteiger partial charge in [0.05, 0.1) is 5.56 Å². The van der Waals surface area contributed by atoms with Gasteiger partial charge in [0.15, 0.2) is 5.71 Å². The quantitative estimate of drug-likeness (QED) is 0.490. The van der Waals surface area contributed by atoms with Crippen molar-refractivity contribution in [3.63, 3.8) is 0 Å². The van der Waals surface area contributed by atoms with Crippen molar-refractivity contribution >= 4 is 23.0 Å². The number of nitrogens with zero attached hydrogens (tertiary/aromatic N) is 3. The van der Waals surface area contributed by atoms with Crippen molar-refractivity contribution in [3.8, 4) is 0 Å². The van der Waals surface area contributed by atoms with E-state index in [4.69, 9.17) is 14.5 Å². The van der Waals surface area contributed by atoms with Crippen LogP contribution in [0.3, 0.4) is 0 Å². The van der Waals surface area contributed by atoms with Crippen LogP contribution < -0.4 is 5.32 Å². The molecule has 0 bridgehead atoms. The molecule has 0 aromatic heterocycles. The minimum Gasteiger partial charge on any atom is -0.399 e. The molecule has 0 fully saturated rings. The summed E-state index contributed by atoms with van der Waals surface area (Å²) < 4.78 is 14.5. The van der Waals surface area contributed by atoms with Crippen molar-refractivity contribution < 1.29 is 23.7 Å². The molecule has 8 nitrogen and oxygen atoms in total. The third kappa shape index (κ3) is 6.11. The van der Waals surface area contributed by atoms with E-state index in [9.17, 15) is 9.18 Å². The van der Waals surface area contributed by atoms with Crippen LogP contribution in [0, 0.1) is 12.7 Å². The summed E-state index contributed by atoms with van der Waals surface area (Å²) in [6, 6.07) is 12.0. The third-order valence-corrected chi connectivity index (χ3v) is 4.23. The lowest BCUT2D eigenvalue weighted by Gasteiger charge is -2.11. The molecule has 9 heteroatoms. The number of carbonyl (C=O) groups is 1. The van der Waals surface area contributed by atoms with Gasteiger partial charge in [-0.15, -0.1) is 0 Å². The molecule has 2 aromatic carbocycles. The standard InChI is InChI=1S/C22H25FN4O4/c1-14-9-11-16(12-10-14)20(26-29-4)15(2)25-31-13-17-7-6-8-18(23)19(17)21(27-30-5)22(28)24-3/h6-12H,13H2,1-5H3,(H,24,28)/b25-15+,26-20+,27-21+. The average molecular weight is 428 g/mol. The summed E-state index contributed by atoms with van der Waals surface area (Å²) in [6.45, 7) is 3.59. The third-order valence-electron chi connectivity index (χ3n) is 4.23. The Labute approximate surface area is 180 Å². The zero-order valence-corrected chi connectivity index (χ0v) is 18.1. The van der Waals surface area contributed by atoms with Gasteiger partial charge in [-0.05, 0) is 19.9 Å². The SMILES string of the molecule is CNC(=O)/C(=N/OC)c1c(F)cccc1CO/N=C(C)/C(=N\OC)c1ccc(C)cc1. The van der Waals surface area contributed by atoms with Crippen molar-refractivity contribution in [1.29, 1.82) is 0 Å². The van der Waals surface area contributed by atoms with E-state index in [-0.39, 0.29) is 17.9 Å². The maximum Gasteiger partial charge on any atom is 0.273 e. The Morgan fingerprint density at radius 1 is 1.00 bits per heavy atom. The molecule has 0 radical (unpaired) electrons. The summed E-state index contributed by atoms with van der Waals surface area (Å²) in [5.74, 6) is -1.23. The Morgan fingerprint density at radius 2 is 1.65 bits per heavy atom. The summed E-state index contributed by atoms with van der Waals surface area (Å²) in [7, 11) is 4.13. The van der Waals surface area contributed by atoms with E-state index >= 15 is 0 Å². The molecule has 0 saturated carbocycles. The number of oxime groups is 3. The number of carbonyl (C=O) groups excluding carboxylic acids is 1. The lowest BCUT2D eigenvalue weighted by atomic mass is 10.0. The monoisotopic (exact) mass is 428 g/mol. The summed E-state index contributed by atoms with van der Waals surface area (Å²) in [4.78, 5) is 27.2. The minimum atomic E-state index is -0.637. The Hall–Kier alpha value is -3.75. The van der Waals surface area contributed by atoms with Crippen molar-refractivity contribution in [1.82, 2.24) is 5.32 Å². The number of amides is 1. The van der Waals surface area contributed by atoms with Gasteiger partial charge in [-0.3, -0.25) is 4.79 Å². The Kier molecular flexibility index (Phi) is 8.68. The molecular formula is C22H25FN4O4. The van der Waals surface area contributed by atoms with Gasteiger partial charge >= 0.3 is 0 Å². The molecular weight excluding hydrogens is 403 g/mol. The van der Waals surface area contributed by atoms with Gasteiger partial charge in [-0.1, -0.05) is 57.4 Å². The highest BCUT2D eigenvalue weighted by atomic mass is 19.1. The molecule has 0 heterocycles. The molecule has 0 saturated heterocycles. The summed E-state index contributed by atoms with van der Waals surface area (Å²) in [6.07, 6.45) is 0. The maximum atomic E-state index is 14.5. The average Bonchev–Trinajstić information content (AvgIpc) is 2.76. The van der Waals surface area contributed by atoms with Gasteiger partial charge in [0, 0.05) is 18.2 Å². The first-order valence-corrected chi connectivity index (χ1v) is 9.39. The highest BCUT2D eigenvalue weighted by molar-refractivity contribution is 6.47. The van der Waals surface area contributed by atoms with Gasteiger partial charge in [-0.2, -0.15) is 0 Å². The van der Waals surface area contributed by atoms with Gasteiger partial charge < -0.3 is 19.8 Å². The maximum absolute atomic E-state index is 14.5. The molecule has 1 N–H and O–H groups in total. The molecule has 0 spiro atoms. The number of benzene rings is 2. The summed E-state index contributed by atoms with van der Waals surface area (Å²) >= 11 is 0. The second kappa shape index (κ2) is 11.4. The van der Waals surface area contributed by atoms with Crippen molar-refractivity contribution in [3.05, 3.63) is 70.5 Å².